The molecule has 1 fully saturated rings. The molecule has 0 saturated carbocycles. The minimum atomic E-state index is -0.605. The van der Waals surface area contributed by atoms with Gasteiger partial charge in [0.25, 0.3) is 5.91 Å². The number of rotatable bonds is 5. The number of pyridine rings is 1. The number of guanidine groups is 1. The van der Waals surface area contributed by atoms with E-state index in [1.807, 2.05) is 4.90 Å². The molecule has 1 atom stereocenters. The van der Waals surface area contributed by atoms with Crippen molar-refractivity contribution in [3.8, 4) is 0 Å². The number of amides is 1. The quantitative estimate of drug-likeness (QED) is 0.539. The summed E-state index contributed by atoms with van der Waals surface area (Å²) in [5.41, 5.74) is 5.16. The molecule has 8 nitrogen and oxygen atoms in total. The molecule has 0 bridgehead atoms. The van der Waals surface area contributed by atoms with Gasteiger partial charge >= 0.3 is 0 Å². The van der Waals surface area contributed by atoms with Gasteiger partial charge in [0, 0.05) is 32.4 Å². The highest BCUT2D eigenvalue weighted by Gasteiger charge is 2.25. The number of aliphatic imine (C=N–C) groups is 1. The van der Waals surface area contributed by atoms with Crippen LogP contribution in [0.5, 0.6) is 0 Å². The van der Waals surface area contributed by atoms with Crippen molar-refractivity contribution < 1.29 is 13.6 Å². The van der Waals surface area contributed by atoms with Gasteiger partial charge in [-0.05, 0) is 30.7 Å². The fourth-order valence-corrected chi connectivity index (χ4v) is 2.84. The Balaban J connectivity index is 1.52. The van der Waals surface area contributed by atoms with E-state index in [4.69, 9.17) is 10.2 Å². The van der Waals surface area contributed by atoms with Crippen molar-refractivity contribution in [2.24, 2.45) is 10.7 Å². The minimum Gasteiger partial charge on any atom is -0.454 e. The zero-order chi connectivity index (χ0) is 18.5. The Morgan fingerprint density at radius 1 is 1.50 bits per heavy atom. The summed E-state index contributed by atoms with van der Waals surface area (Å²) in [6, 6.07) is 6.32. The van der Waals surface area contributed by atoms with Gasteiger partial charge in [0.1, 0.15) is 5.76 Å². The first kappa shape index (κ1) is 17.7. The van der Waals surface area contributed by atoms with Gasteiger partial charge in [-0.1, -0.05) is 0 Å². The lowest BCUT2D eigenvalue weighted by molar-refractivity contribution is 0.0972. The normalized spacial score (nSPS) is 17.4. The molecular formula is C17H21FN6O2. The number of anilines is 1. The van der Waals surface area contributed by atoms with Crippen LogP contribution in [0.15, 0.2) is 39.9 Å². The van der Waals surface area contributed by atoms with Crippen LogP contribution in [0.4, 0.5) is 10.2 Å². The zero-order valence-corrected chi connectivity index (χ0v) is 14.4. The molecule has 3 heterocycles. The van der Waals surface area contributed by atoms with Crippen LogP contribution in [0.25, 0.3) is 0 Å². The van der Waals surface area contributed by atoms with Gasteiger partial charge in [0.15, 0.2) is 23.4 Å². The van der Waals surface area contributed by atoms with Gasteiger partial charge in [0.2, 0.25) is 0 Å². The topological polar surface area (TPSA) is 109 Å². The molecule has 1 saturated heterocycles. The molecule has 0 spiro atoms. The molecule has 26 heavy (non-hydrogen) atoms. The zero-order valence-electron chi connectivity index (χ0n) is 14.4. The Hall–Kier alpha value is -3.10. The Morgan fingerprint density at radius 2 is 2.35 bits per heavy atom. The fraction of sp³-hybridized carbons (Fsp3) is 0.353. The SMILES string of the molecule is CN=C(NCc1ccc(C(N)=O)o1)NC1CCN(c2ncccc2F)C1. The summed E-state index contributed by atoms with van der Waals surface area (Å²) in [4.78, 5) is 21.2. The summed E-state index contributed by atoms with van der Waals surface area (Å²) >= 11 is 0. The second-order valence-corrected chi connectivity index (χ2v) is 5.94. The van der Waals surface area contributed by atoms with Crippen molar-refractivity contribution >= 4 is 17.7 Å². The monoisotopic (exact) mass is 360 g/mol. The minimum absolute atomic E-state index is 0.111. The lowest BCUT2D eigenvalue weighted by atomic mass is 10.3. The molecule has 0 aliphatic carbocycles. The lowest BCUT2D eigenvalue weighted by Crippen LogP contribution is -2.44. The molecular weight excluding hydrogens is 339 g/mol. The lowest BCUT2D eigenvalue weighted by Gasteiger charge is -2.19. The van der Waals surface area contributed by atoms with Crippen molar-refractivity contribution in [2.45, 2.75) is 19.0 Å². The van der Waals surface area contributed by atoms with Gasteiger partial charge in [-0.3, -0.25) is 9.79 Å². The highest BCUT2D eigenvalue weighted by Crippen LogP contribution is 2.20. The number of nitrogens with two attached hydrogens (primary N) is 1. The van der Waals surface area contributed by atoms with E-state index < -0.39 is 5.91 Å². The van der Waals surface area contributed by atoms with Gasteiger partial charge in [-0.25, -0.2) is 9.37 Å². The highest BCUT2D eigenvalue weighted by molar-refractivity contribution is 5.89. The number of hydrogen-bond acceptors (Lipinski definition) is 5. The summed E-state index contributed by atoms with van der Waals surface area (Å²) in [5, 5.41) is 6.41. The first-order chi connectivity index (χ1) is 12.6. The van der Waals surface area contributed by atoms with E-state index in [-0.39, 0.29) is 17.6 Å². The molecule has 1 aliphatic heterocycles. The molecule has 138 valence electrons. The molecule has 2 aromatic rings. The van der Waals surface area contributed by atoms with E-state index in [0.717, 1.165) is 6.42 Å². The second kappa shape index (κ2) is 7.85. The van der Waals surface area contributed by atoms with Crippen molar-refractivity contribution in [3.63, 3.8) is 0 Å². The number of furan rings is 1. The van der Waals surface area contributed by atoms with Crippen LogP contribution in [0.1, 0.15) is 22.7 Å². The van der Waals surface area contributed by atoms with Gasteiger partial charge < -0.3 is 25.7 Å². The maximum atomic E-state index is 13.9. The summed E-state index contributed by atoms with van der Waals surface area (Å²) in [5.74, 6) is 0.730. The fourth-order valence-electron chi connectivity index (χ4n) is 2.84. The average molecular weight is 360 g/mol. The van der Waals surface area contributed by atoms with Crippen LogP contribution in [0, 0.1) is 5.82 Å². The second-order valence-electron chi connectivity index (χ2n) is 5.94. The van der Waals surface area contributed by atoms with Crippen molar-refractivity contribution in [1.82, 2.24) is 15.6 Å². The Bertz CT molecular complexity index is 806. The number of nitrogens with one attached hydrogen (secondary N) is 2. The van der Waals surface area contributed by atoms with E-state index in [1.165, 1.54) is 12.1 Å². The van der Waals surface area contributed by atoms with Gasteiger partial charge in [0.05, 0.1) is 6.54 Å². The van der Waals surface area contributed by atoms with Crippen molar-refractivity contribution in [2.75, 3.05) is 25.0 Å². The van der Waals surface area contributed by atoms with Crippen LogP contribution in [-0.2, 0) is 6.54 Å². The first-order valence-corrected chi connectivity index (χ1v) is 8.28. The Kier molecular flexibility index (Phi) is 5.35. The molecule has 1 amide bonds. The first-order valence-electron chi connectivity index (χ1n) is 8.28. The van der Waals surface area contributed by atoms with Crippen molar-refractivity contribution in [3.05, 3.63) is 47.8 Å². The smallest absolute Gasteiger partial charge is 0.284 e. The third kappa shape index (κ3) is 4.11. The molecule has 3 rings (SSSR count). The highest BCUT2D eigenvalue weighted by atomic mass is 19.1. The number of primary amides is 1. The van der Waals surface area contributed by atoms with E-state index >= 15 is 0 Å². The predicted molar refractivity (Wildman–Crippen MR) is 95.4 cm³/mol. The third-order valence-corrected chi connectivity index (χ3v) is 4.13. The summed E-state index contributed by atoms with van der Waals surface area (Å²) in [7, 11) is 1.66. The number of carbonyl (C=O) groups is 1. The molecule has 1 unspecified atom stereocenters. The van der Waals surface area contributed by atoms with Gasteiger partial charge in [-0.2, -0.15) is 0 Å². The van der Waals surface area contributed by atoms with E-state index in [9.17, 15) is 9.18 Å². The third-order valence-electron chi connectivity index (χ3n) is 4.13. The van der Waals surface area contributed by atoms with Crippen LogP contribution < -0.4 is 21.3 Å². The van der Waals surface area contributed by atoms with Crippen LogP contribution in [0.2, 0.25) is 0 Å². The van der Waals surface area contributed by atoms with Gasteiger partial charge in [-0.15, -0.1) is 0 Å². The molecule has 0 radical (unpaired) electrons. The average Bonchev–Trinajstić information content (AvgIpc) is 3.28. The summed E-state index contributed by atoms with van der Waals surface area (Å²) in [6.07, 6.45) is 2.42. The molecule has 0 aromatic carbocycles. The van der Waals surface area contributed by atoms with Crippen molar-refractivity contribution in [1.29, 1.82) is 0 Å². The van der Waals surface area contributed by atoms with Crippen LogP contribution in [-0.4, -0.2) is 43.0 Å². The Labute approximate surface area is 150 Å². The standard InChI is InChI=1S/C17H21FN6O2/c1-20-17(22-9-12-4-5-14(26-12)15(19)25)23-11-6-8-24(10-11)16-13(18)3-2-7-21-16/h2-5,7,11H,6,8-10H2,1H3,(H2,19,25)(H2,20,22,23). The largest absolute Gasteiger partial charge is 0.454 e. The van der Waals surface area contributed by atoms with Crippen LogP contribution >= 0.6 is 0 Å². The Morgan fingerprint density at radius 3 is 3.04 bits per heavy atom. The number of aromatic nitrogens is 1. The summed E-state index contributed by atoms with van der Waals surface area (Å²) in [6.45, 7) is 1.70. The number of halogens is 1. The number of hydrogen-bond donors (Lipinski definition) is 3. The maximum Gasteiger partial charge on any atom is 0.284 e. The molecule has 4 N–H and O–H groups in total. The predicted octanol–water partition coefficient (Wildman–Crippen LogP) is 0.856. The summed E-state index contributed by atoms with van der Waals surface area (Å²) < 4.78 is 19.2. The van der Waals surface area contributed by atoms with Crippen LogP contribution in [0.3, 0.4) is 0 Å². The maximum absolute atomic E-state index is 13.9. The molecule has 9 heteroatoms. The number of carbonyl (C=O) groups excluding carboxylic acids is 1. The van der Waals surface area contributed by atoms with E-state index in [1.54, 1.807) is 25.4 Å². The van der Waals surface area contributed by atoms with E-state index in [0.29, 0.717) is 37.2 Å². The number of nitrogens with zero attached hydrogens (tertiary/aromatic N) is 3. The molecule has 2 aromatic heterocycles. The van der Waals surface area contributed by atoms with E-state index in [2.05, 4.69) is 20.6 Å². The molecule has 1 aliphatic rings.